The van der Waals surface area contributed by atoms with E-state index in [0.717, 1.165) is 5.75 Å². The lowest BCUT2D eigenvalue weighted by atomic mass is 10.2. The van der Waals surface area contributed by atoms with Gasteiger partial charge in [-0.2, -0.15) is 0 Å². The van der Waals surface area contributed by atoms with Gasteiger partial charge in [0.2, 0.25) is 0 Å². The third kappa shape index (κ3) is 4.16. The Morgan fingerprint density at radius 1 is 0.700 bits per heavy atom. The van der Waals surface area contributed by atoms with Crippen molar-refractivity contribution in [1.82, 2.24) is 0 Å². The van der Waals surface area contributed by atoms with E-state index < -0.39 is 0 Å². The zero-order valence-electron chi connectivity index (χ0n) is 11.6. The third-order valence-corrected chi connectivity index (χ3v) is 2.55. The fourth-order valence-corrected chi connectivity index (χ4v) is 1.43. The summed E-state index contributed by atoms with van der Waals surface area (Å²) in [6.45, 7) is 0. The van der Waals surface area contributed by atoms with Gasteiger partial charge in [-0.25, -0.2) is 0 Å². The molecule has 0 aromatic heterocycles. The highest BCUT2D eigenvalue weighted by Gasteiger charge is 1.96. The molecule has 20 heavy (non-hydrogen) atoms. The number of ether oxygens (including phenoxy) is 2. The molecule has 0 saturated carbocycles. The molecular weight excluding hydrogens is 256 g/mol. The molecule has 0 atom stereocenters. The number of nitrogen functional groups attached to an aromatic ring is 4. The van der Waals surface area contributed by atoms with Crippen molar-refractivity contribution in [2.24, 2.45) is 0 Å². The molecule has 2 rings (SSSR count). The lowest BCUT2D eigenvalue weighted by molar-refractivity contribution is 0.415. The lowest BCUT2D eigenvalue weighted by Crippen LogP contribution is -1.94. The van der Waals surface area contributed by atoms with Crippen molar-refractivity contribution >= 4 is 22.7 Å². The van der Waals surface area contributed by atoms with Gasteiger partial charge in [-0.1, -0.05) is 0 Å². The van der Waals surface area contributed by atoms with Crippen LogP contribution in [-0.2, 0) is 0 Å². The molecule has 6 heteroatoms. The number of rotatable bonds is 2. The Hall–Kier alpha value is -2.76. The van der Waals surface area contributed by atoms with Gasteiger partial charge < -0.3 is 32.4 Å². The fourth-order valence-electron chi connectivity index (χ4n) is 1.43. The monoisotopic (exact) mass is 276 g/mol. The van der Waals surface area contributed by atoms with E-state index in [-0.39, 0.29) is 0 Å². The molecule has 0 unspecified atom stereocenters. The molecule has 0 heterocycles. The molecule has 0 radical (unpaired) electrons. The van der Waals surface area contributed by atoms with Crippen LogP contribution in [-0.4, -0.2) is 14.2 Å². The van der Waals surface area contributed by atoms with E-state index >= 15 is 0 Å². The first kappa shape index (κ1) is 15.3. The van der Waals surface area contributed by atoms with Crippen LogP contribution in [0.2, 0.25) is 0 Å². The van der Waals surface area contributed by atoms with Crippen LogP contribution in [0.1, 0.15) is 0 Å². The fraction of sp³-hybridized carbons (Fsp3) is 0.143. The summed E-state index contributed by atoms with van der Waals surface area (Å²) in [6.07, 6.45) is 0. The largest absolute Gasteiger partial charge is 0.497 e. The molecule has 2 aromatic carbocycles. The number of nitrogens with two attached hydrogens (primary N) is 4. The maximum atomic E-state index is 5.53. The predicted molar refractivity (Wildman–Crippen MR) is 83.6 cm³/mol. The molecule has 0 saturated heterocycles. The second-order valence-corrected chi connectivity index (χ2v) is 4.00. The first-order valence-electron chi connectivity index (χ1n) is 5.86. The van der Waals surface area contributed by atoms with Gasteiger partial charge in [0.25, 0.3) is 0 Å². The van der Waals surface area contributed by atoms with E-state index in [2.05, 4.69) is 0 Å². The van der Waals surface area contributed by atoms with Gasteiger partial charge >= 0.3 is 0 Å². The number of hydrogen-bond acceptors (Lipinski definition) is 6. The highest BCUT2D eigenvalue weighted by molar-refractivity contribution is 5.65. The Labute approximate surface area is 118 Å². The van der Waals surface area contributed by atoms with Gasteiger partial charge in [0.1, 0.15) is 11.5 Å². The molecule has 0 bridgehead atoms. The SMILES string of the molecule is COc1ccc(N)c(N)c1.COc1ccc(N)cc1N. The number of hydrogen-bond donors (Lipinski definition) is 4. The second-order valence-electron chi connectivity index (χ2n) is 4.00. The van der Waals surface area contributed by atoms with Crippen molar-refractivity contribution < 1.29 is 9.47 Å². The van der Waals surface area contributed by atoms with E-state index in [1.165, 1.54) is 0 Å². The number of benzene rings is 2. The molecule has 0 fully saturated rings. The lowest BCUT2D eigenvalue weighted by Gasteiger charge is -2.03. The minimum atomic E-state index is 0.555. The molecule has 0 aliphatic carbocycles. The Kier molecular flexibility index (Phi) is 5.34. The van der Waals surface area contributed by atoms with E-state index in [1.807, 2.05) is 0 Å². The standard InChI is InChI=1S/2C7H10N2O/c1-10-7-3-2-5(8)4-6(7)9;1-10-5-2-3-6(8)7(9)4-5/h2*2-4H,8-9H2,1H3. The summed E-state index contributed by atoms with van der Waals surface area (Å²) in [5.41, 5.74) is 24.3. The Morgan fingerprint density at radius 2 is 1.40 bits per heavy atom. The third-order valence-electron chi connectivity index (χ3n) is 2.55. The maximum Gasteiger partial charge on any atom is 0.141 e. The van der Waals surface area contributed by atoms with Gasteiger partial charge in [-0.3, -0.25) is 0 Å². The zero-order chi connectivity index (χ0) is 15.1. The van der Waals surface area contributed by atoms with Gasteiger partial charge in [0.05, 0.1) is 31.3 Å². The van der Waals surface area contributed by atoms with Crippen molar-refractivity contribution in [1.29, 1.82) is 0 Å². The summed E-state index contributed by atoms with van der Waals surface area (Å²) in [4.78, 5) is 0. The first-order chi connectivity index (χ1) is 9.47. The van der Waals surface area contributed by atoms with Crippen molar-refractivity contribution in [2.45, 2.75) is 0 Å². The van der Waals surface area contributed by atoms with Crippen LogP contribution in [0, 0.1) is 0 Å². The average Bonchev–Trinajstić information content (AvgIpc) is 2.43. The van der Waals surface area contributed by atoms with E-state index in [4.69, 9.17) is 32.4 Å². The van der Waals surface area contributed by atoms with Crippen molar-refractivity contribution in [3.05, 3.63) is 36.4 Å². The highest BCUT2D eigenvalue weighted by atomic mass is 16.5. The summed E-state index contributed by atoms with van der Waals surface area (Å²) in [5, 5.41) is 0. The topological polar surface area (TPSA) is 123 Å². The maximum absolute atomic E-state index is 5.53. The van der Waals surface area contributed by atoms with Gasteiger partial charge in [0, 0.05) is 11.8 Å². The summed E-state index contributed by atoms with van der Waals surface area (Å²) in [6, 6.07) is 10.3. The molecule has 0 aliphatic rings. The minimum absolute atomic E-state index is 0.555. The molecule has 0 aliphatic heterocycles. The minimum Gasteiger partial charge on any atom is -0.497 e. The van der Waals surface area contributed by atoms with Gasteiger partial charge in [0.15, 0.2) is 0 Å². The normalized spacial score (nSPS) is 9.30. The molecule has 2 aromatic rings. The molecule has 108 valence electrons. The smallest absolute Gasteiger partial charge is 0.141 e. The summed E-state index contributed by atoms with van der Waals surface area (Å²) in [5.74, 6) is 1.39. The Morgan fingerprint density at radius 3 is 1.90 bits per heavy atom. The van der Waals surface area contributed by atoms with Gasteiger partial charge in [-0.15, -0.1) is 0 Å². The Bertz CT molecular complexity index is 573. The molecular formula is C14H20N4O2. The quantitative estimate of drug-likeness (QED) is 0.619. The van der Waals surface area contributed by atoms with Crippen LogP contribution in [0.4, 0.5) is 22.7 Å². The van der Waals surface area contributed by atoms with E-state index in [9.17, 15) is 0 Å². The average molecular weight is 276 g/mol. The van der Waals surface area contributed by atoms with Crippen LogP contribution < -0.4 is 32.4 Å². The highest BCUT2D eigenvalue weighted by Crippen LogP contribution is 2.22. The number of anilines is 4. The van der Waals surface area contributed by atoms with Crippen LogP contribution in [0.5, 0.6) is 11.5 Å². The van der Waals surface area contributed by atoms with Crippen LogP contribution in [0.25, 0.3) is 0 Å². The van der Waals surface area contributed by atoms with Crippen LogP contribution in [0.15, 0.2) is 36.4 Å². The van der Waals surface area contributed by atoms with Crippen molar-refractivity contribution in [3.63, 3.8) is 0 Å². The molecule has 0 spiro atoms. The predicted octanol–water partition coefficient (Wildman–Crippen LogP) is 1.72. The summed E-state index contributed by atoms with van der Waals surface area (Å²) < 4.78 is 9.83. The van der Waals surface area contributed by atoms with Crippen molar-refractivity contribution in [3.8, 4) is 11.5 Å². The summed E-state index contributed by atoms with van der Waals surface area (Å²) >= 11 is 0. The molecule has 0 amide bonds. The van der Waals surface area contributed by atoms with Gasteiger partial charge in [-0.05, 0) is 30.3 Å². The van der Waals surface area contributed by atoms with Crippen LogP contribution >= 0.6 is 0 Å². The first-order valence-corrected chi connectivity index (χ1v) is 5.86. The Balaban J connectivity index is 0.000000200. The molecule has 8 N–H and O–H groups in total. The second kappa shape index (κ2) is 6.98. The summed E-state index contributed by atoms with van der Waals surface area (Å²) in [7, 11) is 3.16. The zero-order valence-corrected chi connectivity index (χ0v) is 11.6. The van der Waals surface area contributed by atoms with E-state index in [0.29, 0.717) is 28.5 Å². The van der Waals surface area contributed by atoms with E-state index in [1.54, 1.807) is 50.6 Å². The van der Waals surface area contributed by atoms with Crippen molar-refractivity contribution in [2.75, 3.05) is 37.2 Å². The number of methoxy groups -OCH3 is 2. The molecule has 6 nitrogen and oxygen atoms in total. The van der Waals surface area contributed by atoms with Crippen LogP contribution in [0.3, 0.4) is 0 Å².